The van der Waals surface area contributed by atoms with E-state index in [-0.39, 0.29) is 6.04 Å². The highest BCUT2D eigenvalue weighted by Crippen LogP contribution is 2.26. The molecule has 0 bridgehead atoms. The van der Waals surface area contributed by atoms with Crippen LogP contribution in [-0.2, 0) is 4.79 Å². The molecule has 246 valence electrons. The molecule has 0 aliphatic heterocycles. The highest BCUT2D eigenvalue weighted by molar-refractivity contribution is 5.72. The van der Waals surface area contributed by atoms with Gasteiger partial charge in [0.25, 0.3) is 0 Å². The quantitative estimate of drug-likeness (QED) is 0.0607. The molecule has 0 rings (SSSR count). The van der Waals surface area contributed by atoms with Gasteiger partial charge in [-0.05, 0) is 44.9 Å². The SMILES string of the molecule is CCCCCCCCCCCCCCCCCCC(C(=O)O)[N+](CCCCCC)(CCCCCC)CCCCCC. The largest absolute Gasteiger partial charge is 0.477 e. The van der Waals surface area contributed by atoms with Crippen molar-refractivity contribution in [3.63, 3.8) is 0 Å². The van der Waals surface area contributed by atoms with Gasteiger partial charge in [-0.1, -0.05) is 163 Å². The van der Waals surface area contributed by atoms with E-state index in [1.54, 1.807) is 0 Å². The van der Waals surface area contributed by atoms with Crippen LogP contribution in [-0.4, -0.2) is 41.2 Å². The van der Waals surface area contributed by atoms with Crippen LogP contribution in [0.15, 0.2) is 0 Å². The summed E-state index contributed by atoms with van der Waals surface area (Å²) < 4.78 is 0.866. The van der Waals surface area contributed by atoms with E-state index in [1.807, 2.05) is 0 Å². The summed E-state index contributed by atoms with van der Waals surface area (Å²) >= 11 is 0. The van der Waals surface area contributed by atoms with E-state index in [9.17, 15) is 9.90 Å². The van der Waals surface area contributed by atoms with Gasteiger partial charge in [-0.15, -0.1) is 0 Å². The lowest BCUT2D eigenvalue weighted by molar-refractivity contribution is -0.944. The van der Waals surface area contributed by atoms with Gasteiger partial charge in [-0.25, -0.2) is 4.79 Å². The fraction of sp³-hybridized carbons (Fsp3) is 0.974. The molecule has 0 spiro atoms. The molecule has 1 atom stereocenters. The number of hydrogen-bond acceptors (Lipinski definition) is 1. The van der Waals surface area contributed by atoms with Crippen LogP contribution in [0.4, 0.5) is 0 Å². The van der Waals surface area contributed by atoms with Gasteiger partial charge in [0.1, 0.15) is 0 Å². The molecule has 0 radical (unpaired) electrons. The Kier molecular flexibility index (Phi) is 30.4. The molecule has 0 saturated carbocycles. The third-order valence-electron chi connectivity index (χ3n) is 9.65. The van der Waals surface area contributed by atoms with Gasteiger partial charge < -0.3 is 9.59 Å². The second-order valence-corrected chi connectivity index (χ2v) is 13.5. The zero-order valence-corrected chi connectivity index (χ0v) is 29.0. The van der Waals surface area contributed by atoms with E-state index in [0.29, 0.717) is 0 Å². The van der Waals surface area contributed by atoms with E-state index in [1.165, 1.54) is 173 Å². The van der Waals surface area contributed by atoms with Crippen LogP contribution in [0, 0.1) is 0 Å². The summed E-state index contributed by atoms with van der Waals surface area (Å²) in [5.41, 5.74) is 0. The molecule has 0 aromatic rings. The van der Waals surface area contributed by atoms with Crippen molar-refractivity contribution in [3.8, 4) is 0 Å². The molecule has 3 heteroatoms. The molecule has 0 amide bonds. The van der Waals surface area contributed by atoms with Crippen molar-refractivity contribution in [1.29, 1.82) is 0 Å². The van der Waals surface area contributed by atoms with Gasteiger partial charge in [-0.2, -0.15) is 0 Å². The van der Waals surface area contributed by atoms with E-state index >= 15 is 0 Å². The summed E-state index contributed by atoms with van der Waals surface area (Å²) in [5.74, 6) is -0.521. The fourth-order valence-corrected chi connectivity index (χ4v) is 6.88. The number of carboxylic acid groups (broad SMARTS) is 1. The van der Waals surface area contributed by atoms with E-state index in [0.717, 1.165) is 37.0 Å². The molecule has 3 nitrogen and oxygen atoms in total. The molecule has 0 heterocycles. The Morgan fingerprint density at radius 1 is 0.415 bits per heavy atom. The molecule has 0 aromatic heterocycles. The number of nitrogens with zero attached hydrogens (tertiary/aromatic N) is 1. The molecule has 0 aliphatic carbocycles. The van der Waals surface area contributed by atoms with Crippen LogP contribution in [0.5, 0.6) is 0 Å². The Bertz CT molecular complexity index is 503. The molecular formula is C38H78NO2+. The van der Waals surface area contributed by atoms with Gasteiger partial charge in [0.2, 0.25) is 0 Å². The van der Waals surface area contributed by atoms with Crippen LogP contribution in [0.3, 0.4) is 0 Å². The van der Waals surface area contributed by atoms with Gasteiger partial charge in [0.05, 0.1) is 19.6 Å². The van der Waals surface area contributed by atoms with E-state index in [4.69, 9.17) is 0 Å². The summed E-state index contributed by atoms with van der Waals surface area (Å²) in [4.78, 5) is 12.8. The van der Waals surface area contributed by atoms with E-state index in [2.05, 4.69) is 27.7 Å². The van der Waals surface area contributed by atoms with Gasteiger partial charge in [0.15, 0.2) is 6.04 Å². The topological polar surface area (TPSA) is 37.3 Å². The monoisotopic (exact) mass is 581 g/mol. The van der Waals surface area contributed by atoms with Gasteiger partial charge in [0, 0.05) is 6.42 Å². The first-order valence-electron chi connectivity index (χ1n) is 19.2. The number of quaternary nitrogens is 1. The third kappa shape index (κ3) is 23.6. The molecule has 41 heavy (non-hydrogen) atoms. The maximum atomic E-state index is 12.8. The molecule has 0 fully saturated rings. The minimum absolute atomic E-state index is 0.202. The predicted molar refractivity (Wildman–Crippen MR) is 183 cm³/mol. The Balaban J connectivity index is 4.58. The number of carbonyl (C=O) groups is 1. The predicted octanol–water partition coefficient (Wildman–Crippen LogP) is 12.6. The van der Waals surface area contributed by atoms with E-state index < -0.39 is 5.97 Å². The van der Waals surface area contributed by atoms with Crippen LogP contribution in [0.2, 0.25) is 0 Å². The highest BCUT2D eigenvalue weighted by atomic mass is 16.4. The zero-order chi connectivity index (χ0) is 30.3. The van der Waals surface area contributed by atoms with Crippen molar-refractivity contribution in [2.75, 3.05) is 19.6 Å². The normalized spacial score (nSPS) is 12.7. The summed E-state index contributed by atoms with van der Waals surface area (Å²) in [6.07, 6.45) is 37.7. The summed E-state index contributed by atoms with van der Waals surface area (Å²) in [7, 11) is 0. The van der Waals surface area contributed by atoms with Crippen molar-refractivity contribution >= 4 is 5.97 Å². The Labute approximate surface area is 259 Å². The number of hydrogen-bond donors (Lipinski definition) is 1. The van der Waals surface area contributed by atoms with Crippen molar-refractivity contribution in [2.45, 2.75) is 220 Å². The van der Waals surface area contributed by atoms with Crippen molar-refractivity contribution in [2.24, 2.45) is 0 Å². The average molecular weight is 581 g/mol. The molecular weight excluding hydrogens is 502 g/mol. The Hall–Kier alpha value is -0.570. The summed E-state index contributed by atoms with van der Waals surface area (Å²) in [6.45, 7) is 12.3. The molecule has 1 N–H and O–H groups in total. The average Bonchev–Trinajstić information content (AvgIpc) is 2.97. The van der Waals surface area contributed by atoms with Crippen LogP contribution in [0.25, 0.3) is 0 Å². The van der Waals surface area contributed by atoms with Crippen LogP contribution >= 0.6 is 0 Å². The standard InChI is InChI=1S/C38H77NO2/c1-5-9-13-17-18-19-20-21-22-23-24-25-26-27-28-29-33-37(38(40)41)39(34-30-14-10-6-2,35-31-15-11-7-3)36-32-16-12-8-4/h37H,5-36H2,1-4H3/p+1. The Morgan fingerprint density at radius 3 is 0.927 bits per heavy atom. The first-order chi connectivity index (χ1) is 20.1. The number of unbranched alkanes of at least 4 members (excludes halogenated alkanes) is 24. The van der Waals surface area contributed by atoms with Gasteiger partial charge >= 0.3 is 5.97 Å². The summed E-state index contributed by atoms with van der Waals surface area (Å²) in [5, 5.41) is 10.5. The molecule has 0 aromatic carbocycles. The lowest BCUT2D eigenvalue weighted by atomic mass is 9.98. The maximum Gasteiger partial charge on any atom is 0.362 e. The van der Waals surface area contributed by atoms with Crippen LogP contribution in [0.1, 0.15) is 214 Å². The number of rotatable bonds is 34. The first-order valence-corrected chi connectivity index (χ1v) is 19.2. The molecule has 1 unspecified atom stereocenters. The molecule has 0 aliphatic rings. The summed E-state index contributed by atoms with van der Waals surface area (Å²) in [6, 6.07) is -0.202. The molecule has 0 saturated heterocycles. The van der Waals surface area contributed by atoms with Crippen LogP contribution < -0.4 is 0 Å². The minimum atomic E-state index is -0.521. The first kappa shape index (κ1) is 40.4. The Morgan fingerprint density at radius 2 is 0.659 bits per heavy atom. The second-order valence-electron chi connectivity index (χ2n) is 13.5. The lowest BCUT2D eigenvalue weighted by Gasteiger charge is -2.44. The third-order valence-corrected chi connectivity index (χ3v) is 9.65. The minimum Gasteiger partial charge on any atom is -0.477 e. The highest BCUT2D eigenvalue weighted by Gasteiger charge is 2.40. The van der Waals surface area contributed by atoms with Crippen molar-refractivity contribution in [1.82, 2.24) is 0 Å². The zero-order valence-electron chi connectivity index (χ0n) is 29.0. The van der Waals surface area contributed by atoms with Crippen molar-refractivity contribution < 1.29 is 14.4 Å². The smallest absolute Gasteiger partial charge is 0.362 e. The lowest BCUT2D eigenvalue weighted by Crippen LogP contribution is -2.60. The second kappa shape index (κ2) is 30.9. The number of aliphatic carboxylic acids is 1. The maximum absolute atomic E-state index is 12.8. The fourth-order valence-electron chi connectivity index (χ4n) is 6.88. The van der Waals surface area contributed by atoms with Gasteiger partial charge in [-0.3, -0.25) is 0 Å². The number of carboxylic acids is 1. The van der Waals surface area contributed by atoms with Crippen molar-refractivity contribution in [3.05, 3.63) is 0 Å².